The molecule has 96 valence electrons. The molecule has 2 rings (SSSR count). The van der Waals surface area contributed by atoms with Crippen molar-refractivity contribution < 1.29 is 22.2 Å². The highest BCUT2D eigenvalue weighted by molar-refractivity contribution is 7.85. The second-order valence-electron chi connectivity index (χ2n) is 4.55. The van der Waals surface area contributed by atoms with Gasteiger partial charge in [-0.1, -0.05) is 11.2 Å². The van der Waals surface area contributed by atoms with Crippen LogP contribution in [0.15, 0.2) is 17.3 Å². The number of hydrogen-bond acceptors (Lipinski definition) is 6. The zero-order chi connectivity index (χ0) is 12.7. The summed E-state index contributed by atoms with van der Waals surface area (Å²) in [6.07, 6.45) is 5.54. The molecule has 6 nitrogen and oxygen atoms in total. The van der Waals surface area contributed by atoms with Crippen molar-refractivity contribution in [3.8, 4) is 0 Å². The third kappa shape index (κ3) is 2.67. The molecule has 0 radical (unpaired) electrons. The van der Waals surface area contributed by atoms with Gasteiger partial charge in [0.15, 0.2) is 5.79 Å². The first-order valence-electron chi connectivity index (χ1n) is 5.16. The van der Waals surface area contributed by atoms with Crippen molar-refractivity contribution in [1.29, 1.82) is 0 Å². The van der Waals surface area contributed by atoms with Gasteiger partial charge in [-0.3, -0.25) is 4.28 Å². The van der Waals surface area contributed by atoms with E-state index in [1.807, 2.05) is 19.1 Å². The van der Waals surface area contributed by atoms with Gasteiger partial charge >= 0.3 is 10.1 Å². The number of methoxy groups -OCH3 is 1. The lowest BCUT2D eigenvalue weighted by molar-refractivity contribution is -0.221. The molecule has 0 N–H and O–H groups in total. The van der Waals surface area contributed by atoms with Crippen LogP contribution in [0.5, 0.6) is 0 Å². The van der Waals surface area contributed by atoms with Crippen molar-refractivity contribution in [1.82, 2.24) is 0 Å². The van der Waals surface area contributed by atoms with Crippen molar-refractivity contribution >= 4 is 15.8 Å². The molecule has 0 aliphatic carbocycles. The Morgan fingerprint density at radius 2 is 2.12 bits per heavy atom. The van der Waals surface area contributed by atoms with Crippen LogP contribution in [-0.2, 0) is 23.9 Å². The Morgan fingerprint density at radius 3 is 2.71 bits per heavy atom. The maximum atomic E-state index is 10.9. The SMILES string of the molecule is CO[C@]12C=C[C@](C)(C/C(=N\OS(C)(=O)=O)C1)O2. The van der Waals surface area contributed by atoms with E-state index < -0.39 is 21.5 Å². The van der Waals surface area contributed by atoms with Gasteiger partial charge in [-0.2, -0.15) is 8.42 Å². The molecule has 1 saturated heterocycles. The highest BCUT2D eigenvalue weighted by Crippen LogP contribution is 2.42. The molecule has 2 atom stereocenters. The second-order valence-corrected chi connectivity index (χ2v) is 6.11. The van der Waals surface area contributed by atoms with E-state index in [4.69, 9.17) is 9.47 Å². The third-order valence-electron chi connectivity index (χ3n) is 2.75. The average molecular weight is 261 g/mol. The van der Waals surface area contributed by atoms with Crippen LogP contribution in [0.1, 0.15) is 19.8 Å². The molecule has 0 aromatic carbocycles. The van der Waals surface area contributed by atoms with Crippen LogP contribution >= 0.6 is 0 Å². The molecule has 0 unspecified atom stereocenters. The maximum absolute atomic E-state index is 10.9. The van der Waals surface area contributed by atoms with Gasteiger partial charge in [0.1, 0.15) is 0 Å². The van der Waals surface area contributed by atoms with Gasteiger partial charge in [-0.25, -0.2) is 0 Å². The van der Waals surface area contributed by atoms with E-state index in [-0.39, 0.29) is 0 Å². The van der Waals surface area contributed by atoms with E-state index in [0.29, 0.717) is 18.6 Å². The van der Waals surface area contributed by atoms with Gasteiger partial charge < -0.3 is 9.47 Å². The second kappa shape index (κ2) is 3.79. The molecule has 2 heterocycles. The first-order valence-corrected chi connectivity index (χ1v) is 6.98. The van der Waals surface area contributed by atoms with Gasteiger partial charge in [-0.15, -0.1) is 0 Å². The Hall–Kier alpha value is -0.920. The number of hydrogen-bond donors (Lipinski definition) is 0. The van der Waals surface area contributed by atoms with Gasteiger partial charge in [0, 0.05) is 20.0 Å². The Morgan fingerprint density at radius 1 is 1.41 bits per heavy atom. The third-order valence-corrected chi connectivity index (χ3v) is 3.09. The Balaban J connectivity index is 2.19. The van der Waals surface area contributed by atoms with Gasteiger partial charge in [0.05, 0.1) is 17.6 Å². The Kier molecular flexibility index (Phi) is 2.80. The predicted octanol–water partition coefficient (Wildman–Crippen LogP) is 0.800. The monoisotopic (exact) mass is 261 g/mol. The van der Waals surface area contributed by atoms with E-state index >= 15 is 0 Å². The van der Waals surface area contributed by atoms with Crippen LogP contribution in [0.25, 0.3) is 0 Å². The highest BCUT2D eigenvalue weighted by atomic mass is 32.2. The first kappa shape index (κ1) is 12.5. The lowest BCUT2D eigenvalue weighted by Crippen LogP contribution is -2.45. The van der Waals surface area contributed by atoms with Crippen molar-refractivity contribution in [2.75, 3.05) is 13.4 Å². The smallest absolute Gasteiger partial charge is 0.325 e. The van der Waals surface area contributed by atoms with Gasteiger partial charge in [0.25, 0.3) is 0 Å². The van der Waals surface area contributed by atoms with Crippen LogP contribution in [0.4, 0.5) is 0 Å². The summed E-state index contributed by atoms with van der Waals surface area (Å²) in [5.41, 5.74) is 0.101. The molecule has 2 aliphatic rings. The Bertz CT molecular complexity index is 483. The summed E-state index contributed by atoms with van der Waals surface area (Å²) in [5.74, 6) is -0.841. The predicted molar refractivity (Wildman–Crippen MR) is 61.0 cm³/mol. The van der Waals surface area contributed by atoms with E-state index in [2.05, 4.69) is 9.44 Å². The molecular formula is C10H15NO5S. The maximum Gasteiger partial charge on any atom is 0.325 e. The summed E-state index contributed by atoms with van der Waals surface area (Å²) in [5, 5.41) is 3.66. The van der Waals surface area contributed by atoms with E-state index in [1.165, 1.54) is 7.11 Å². The van der Waals surface area contributed by atoms with Crippen molar-refractivity contribution in [2.24, 2.45) is 5.16 Å². The molecule has 2 bridgehead atoms. The number of ether oxygens (including phenoxy) is 2. The standard InChI is InChI=1S/C10H15NO5S/c1-9-4-5-10(14-2,15-9)7-8(6-9)11-16-17(3,12)13/h4-5H,6-7H2,1-3H3/b11-8+/t9-,10+/m1/s1. The number of fused-ring (bicyclic) bond motifs is 2. The van der Waals surface area contributed by atoms with Crippen molar-refractivity contribution in [3.05, 3.63) is 12.2 Å². The molecule has 0 spiro atoms. The summed E-state index contributed by atoms with van der Waals surface area (Å²) in [7, 11) is -2.04. The fourth-order valence-electron chi connectivity index (χ4n) is 2.07. The summed E-state index contributed by atoms with van der Waals surface area (Å²) in [4.78, 5) is 0. The van der Waals surface area contributed by atoms with E-state index in [1.54, 1.807) is 0 Å². The average Bonchev–Trinajstić information content (AvgIpc) is 2.46. The zero-order valence-corrected chi connectivity index (χ0v) is 10.8. The first-order chi connectivity index (χ1) is 7.76. The minimum Gasteiger partial charge on any atom is -0.349 e. The minimum atomic E-state index is -3.57. The lowest BCUT2D eigenvalue weighted by atomic mass is 9.96. The molecular weight excluding hydrogens is 246 g/mol. The van der Waals surface area contributed by atoms with Gasteiger partial charge in [-0.05, 0) is 13.0 Å². The topological polar surface area (TPSA) is 74.2 Å². The summed E-state index contributed by atoms with van der Waals surface area (Å²) < 4.78 is 37.3. The van der Waals surface area contributed by atoms with Crippen LogP contribution < -0.4 is 0 Å². The molecule has 0 amide bonds. The fraction of sp³-hybridized carbons (Fsp3) is 0.700. The molecule has 0 saturated carbocycles. The van der Waals surface area contributed by atoms with Crippen LogP contribution in [0.3, 0.4) is 0 Å². The summed E-state index contributed by atoms with van der Waals surface area (Å²) in [6, 6.07) is 0. The largest absolute Gasteiger partial charge is 0.349 e. The number of nitrogens with zero attached hydrogens (tertiary/aromatic N) is 1. The quantitative estimate of drug-likeness (QED) is 0.555. The molecule has 0 aromatic rings. The van der Waals surface area contributed by atoms with E-state index in [0.717, 1.165) is 6.26 Å². The normalized spacial score (nSPS) is 38.6. The summed E-state index contributed by atoms with van der Waals surface area (Å²) in [6.45, 7) is 1.89. The number of oxime groups is 1. The molecule has 17 heavy (non-hydrogen) atoms. The Labute approximate surface area is 100 Å². The molecule has 0 aromatic heterocycles. The van der Waals surface area contributed by atoms with Crippen LogP contribution in [0.2, 0.25) is 0 Å². The lowest BCUT2D eigenvalue weighted by Gasteiger charge is -2.37. The summed E-state index contributed by atoms with van der Waals surface area (Å²) >= 11 is 0. The fourth-order valence-corrected chi connectivity index (χ4v) is 2.32. The van der Waals surface area contributed by atoms with Gasteiger partial charge in [0.2, 0.25) is 0 Å². The molecule has 2 aliphatic heterocycles. The zero-order valence-electron chi connectivity index (χ0n) is 9.97. The van der Waals surface area contributed by atoms with Crippen LogP contribution in [0, 0.1) is 0 Å². The van der Waals surface area contributed by atoms with Crippen molar-refractivity contribution in [3.63, 3.8) is 0 Å². The molecule has 7 heteroatoms. The van der Waals surface area contributed by atoms with Crippen LogP contribution in [-0.4, -0.2) is 38.9 Å². The number of rotatable bonds is 3. The molecule has 1 fully saturated rings. The highest BCUT2D eigenvalue weighted by Gasteiger charge is 2.48. The minimum absolute atomic E-state index is 0.366. The van der Waals surface area contributed by atoms with E-state index in [9.17, 15) is 8.42 Å². The van der Waals surface area contributed by atoms with Crippen molar-refractivity contribution in [2.45, 2.75) is 31.2 Å².